The second kappa shape index (κ2) is 7.83. The van der Waals surface area contributed by atoms with E-state index in [1.165, 1.54) is 5.56 Å². The van der Waals surface area contributed by atoms with Gasteiger partial charge in [0, 0.05) is 16.7 Å². The Hall–Kier alpha value is -3.17. The molecule has 0 aliphatic carbocycles. The molecular weight excluding hydrogens is 344 g/mol. The first-order chi connectivity index (χ1) is 13.6. The van der Waals surface area contributed by atoms with Crippen LogP contribution in [0.3, 0.4) is 0 Å². The summed E-state index contributed by atoms with van der Waals surface area (Å²) in [4.78, 5) is 4.90. The molecule has 0 atom stereocenters. The molecule has 0 aliphatic heterocycles. The largest absolute Gasteiger partial charge is 0.435 e. The van der Waals surface area contributed by atoms with E-state index in [1.54, 1.807) is 0 Å². The molecule has 0 bridgehead atoms. The number of benzene rings is 3. The summed E-state index contributed by atoms with van der Waals surface area (Å²) in [7, 11) is 4.42. The monoisotopic (exact) mass is 369 g/mol. The summed E-state index contributed by atoms with van der Waals surface area (Å²) in [5.74, 6) is 1.60. The topological polar surface area (TPSA) is 26.0 Å². The average molecular weight is 369 g/mol. The number of oxazole rings is 1. The van der Waals surface area contributed by atoms with Crippen LogP contribution < -0.4 is 0 Å². The van der Waals surface area contributed by atoms with Gasteiger partial charge in [-0.1, -0.05) is 91.0 Å². The van der Waals surface area contributed by atoms with Crippen molar-refractivity contribution in [3.8, 4) is 22.6 Å². The number of aromatic nitrogens is 1. The molecule has 0 saturated heterocycles. The minimum absolute atomic E-state index is 0.724. The zero-order chi connectivity index (χ0) is 19.4. The van der Waals surface area contributed by atoms with Gasteiger partial charge in [0.1, 0.15) is 12.2 Å². The quantitative estimate of drug-likeness (QED) is 0.402. The molecule has 0 aliphatic rings. The summed E-state index contributed by atoms with van der Waals surface area (Å²) >= 11 is 0. The van der Waals surface area contributed by atoms with Crippen LogP contribution in [-0.2, 0) is 13.1 Å². The van der Waals surface area contributed by atoms with Gasteiger partial charge in [-0.2, -0.15) is 0 Å². The zero-order valence-corrected chi connectivity index (χ0v) is 16.4. The molecule has 0 unspecified atom stereocenters. The lowest BCUT2D eigenvalue weighted by Gasteiger charge is -2.28. The van der Waals surface area contributed by atoms with Crippen LogP contribution in [0, 0.1) is 0 Å². The van der Waals surface area contributed by atoms with Crippen LogP contribution in [0.2, 0.25) is 0 Å². The van der Waals surface area contributed by atoms with Gasteiger partial charge >= 0.3 is 0 Å². The summed E-state index contributed by atoms with van der Waals surface area (Å²) in [5, 5.41) is 0. The summed E-state index contributed by atoms with van der Waals surface area (Å²) in [6.45, 7) is 1.64. The van der Waals surface area contributed by atoms with Crippen molar-refractivity contribution in [2.75, 3.05) is 14.1 Å². The molecule has 28 heavy (non-hydrogen) atoms. The Morgan fingerprint density at radius 3 is 1.82 bits per heavy atom. The van der Waals surface area contributed by atoms with Crippen LogP contribution >= 0.6 is 0 Å². The van der Waals surface area contributed by atoms with Crippen molar-refractivity contribution >= 4 is 0 Å². The van der Waals surface area contributed by atoms with E-state index in [0.29, 0.717) is 0 Å². The second-order valence-corrected chi connectivity index (χ2v) is 7.75. The van der Waals surface area contributed by atoms with Crippen molar-refractivity contribution < 1.29 is 8.90 Å². The summed E-state index contributed by atoms with van der Waals surface area (Å²) in [6, 6.07) is 31.0. The third-order valence-electron chi connectivity index (χ3n) is 4.77. The highest BCUT2D eigenvalue weighted by Gasteiger charge is 2.23. The number of nitrogens with zero attached hydrogens (tertiary/aromatic N) is 2. The molecule has 4 rings (SSSR count). The van der Waals surface area contributed by atoms with Crippen molar-refractivity contribution in [3.05, 3.63) is 102 Å². The van der Waals surface area contributed by atoms with E-state index < -0.39 is 0 Å². The van der Waals surface area contributed by atoms with Crippen molar-refractivity contribution in [3.63, 3.8) is 0 Å². The highest BCUT2D eigenvalue weighted by Crippen LogP contribution is 2.33. The van der Waals surface area contributed by atoms with Crippen molar-refractivity contribution in [2.45, 2.75) is 13.1 Å². The number of hydrogen-bond donors (Lipinski definition) is 0. The molecular formula is C25H25N2O+. The SMILES string of the molecule is C[N+](C)(Cc1ccccc1)Cc1nc(-c2ccccc2)c(-c2ccccc2)o1. The lowest BCUT2D eigenvalue weighted by Crippen LogP contribution is -2.37. The molecule has 3 heteroatoms. The van der Waals surface area contributed by atoms with E-state index in [2.05, 4.69) is 68.7 Å². The smallest absolute Gasteiger partial charge is 0.251 e. The minimum atomic E-state index is 0.724. The normalized spacial score (nSPS) is 11.5. The Balaban J connectivity index is 1.67. The highest BCUT2D eigenvalue weighted by molar-refractivity contribution is 5.76. The number of rotatable bonds is 6. The lowest BCUT2D eigenvalue weighted by atomic mass is 10.1. The van der Waals surface area contributed by atoms with E-state index in [9.17, 15) is 0 Å². The maximum absolute atomic E-state index is 6.30. The van der Waals surface area contributed by atoms with Gasteiger partial charge < -0.3 is 8.90 Å². The van der Waals surface area contributed by atoms with Crippen LogP contribution in [0.15, 0.2) is 95.4 Å². The van der Waals surface area contributed by atoms with Gasteiger partial charge in [-0.25, -0.2) is 4.98 Å². The fraction of sp³-hybridized carbons (Fsp3) is 0.160. The standard InChI is InChI=1S/C25H25N2O/c1-27(2,18-20-12-6-3-7-13-20)19-23-26-24(21-14-8-4-9-15-21)25(28-23)22-16-10-5-11-17-22/h3-17H,18-19H2,1-2H3/q+1. The van der Waals surface area contributed by atoms with E-state index in [0.717, 1.165) is 46.0 Å². The van der Waals surface area contributed by atoms with E-state index in [1.807, 2.05) is 36.4 Å². The van der Waals surface area contributed by atoms with E-state index in [-0.39, 0.29) is 0 Å². The summed E-state index contributed by atoms with van der Waals surface area (Å²) in [5.41, 5.74) is 4.34. The van der Waals surface area contributed by atoms with Crippen LogP contribution in [0.5, 0.6) is 0 Å². The fourth-order valence-corrected chi connectivity index (χ4v) is 3.51. The first kappa shape index (κ1) is 18.2. The maximum Gasteiger partial charge on any atom is 0.251 e. The minimum Gasteiger partial charge on any atom is -0.435 e. The summed E-state index contributed by atoms with van der Waals surface area (Å²) < 4.78 is 7.07. The molecule has 0 saturated carbocycles. The molecule has 4 aromatic rings. The molecule has 3 nitrogen and oxygen atoms in total. The van der Waals surface area contributed by atoms with Crippen molar-refractivity contribution in [2.24, 2.45) is 0 Å². The Bertz CT molecular complexity index is 965. The molecule has 1 heterocycles. The van der Waals surface area contributed by atoms with Gasteiger partial charge in [-0.15, -0.1) is 0 Å². The van der Waals surface area contributed by atoms with Gasteiger partial charge in [0.15, 0.2) is 12.3 Å². The van der Waals surface area contributed by atoms with E-state index in [4.69, 9.17) is 9.40 Å². The van der Waals surface area contributed by atoms with Crippen LogP contribution in [0.25, 0.3) is 22.6 Å². The van der Waals surface area contributed by atoms with Gasteiger partial charge in [-0.3, -0.25) is 0 Å². The highest BCUT2D eigenvalue weighted by atomic mass is 16.4. The zero-order valence-electron chi connectivity index (χ0n) is 16.4. The molecule has 0 fully saturated rings. The van der Waals surface area contributed by atoms with Crippen LogP contribution in [0.1, 0.15) is 11.5 Å². The molecule has 1 aromatic heterocycles. The molecule has 140 valence electrons. The Morgan fingerprint density at radius 2 is 1.21 bits per heavy atom. The predicted octanol–water partition coefficient (Wildman–Crippen LogP) is 5.79. The Kier molecular flexibility index (Phi) is 5.09. The second-order valence-electron chi connectivity index (χ2n) is 7.75. The molecule has 0 N–H and O–H groups in total. The predicted molar refractivity (Wildman–Crippen MR) is 113 cm³/mol. The van der Waals surface area contributed by atoms with Crippen LogP contribution in [0.4, 0.5) is 0 Å². The van der Waals surface area contributed by atoms with Gasteiger partial charge in [0.25, 0.3) is 5.89 Å². The van der Waals surface area contributed by atoms with Gasteiger partial charge in [-0.05, 0) is 0 Å². The van der Waals surface area contributed by atoms with Gasteiger partial charge in [0.2, 0.25) is 0 Å². The van der Waals surface area contributed by atoms with Gasteiger partial charge in [0.05, 0.1) is 14.1 Å². The first-order valence-corrected chi connectivity index (χ1v) is 9.57. The third kappa shape index (κ3) is 4.21. The first-order valence-electron chi connectivity index (χ1n) is 9.57. The number of hydrogen-bond acceptors (Lipinski definition) is 2. The number of quaternary nitrogens is 1. The fourth-order valence-electron chi connectivity index (χ4n) is 3.51. The van der Waals surface area contributed by atoms with Crippen molar-refractivity contribution in [1.29, 1.82) is 0 Å². The molecule has 0 spiro atoms. The maximum atomic E-state index is 6.30. The molecule has 3 aromatic carbocycles. The van der Waals surface area contributed by atoms with Crippen LogP contribution in [-0.4, -0.2) is 23.6 Å². The Labute approximate surface area is 166 Å². The molecule has 0 radical (unpaired) electrons. The third-order valence-corrected chi connectivity index (χ3v) is 4.77. The molecule has 0 amide bonds. The summed E-state index contributed by atoms with van der Waals surface area (Å²) in [6.07, 6.45) is 0. The van der Waals surface area contributed by atoms with E-state index >= 15 is 0 Å². The average Bonchev–Trinajstić information content (AvgIpc) is 3.13. The van der Waals surface area contributed by atoms with Crippen molar-refractivity contribution in [1.82, 2.24) is 4.98 Å². The Morgan fingerprint density at radius 1 is 0.679 bits per heavy atom. The lowest BCUT2D eigenvalue weighted by molar-refractivity contribution is -0.918.